The molecule has 0 unspecified atom stereocenters. The fraction of sp³-hybridized carbons (Fsp3) is 0.281. The van der Waals surface area contributed by atoms with E-state index < -0.39 is 0 Å². The molecular weight excluding hydrogens is 502 g/mol. The van der Waals surface area contributed by atoms with Gasteiger partial charge < -0.3 is 20.1 Å². The maximum absolute atomic E-state index is 13.1. The van der Waals surface area contributed by atoms with Crippen LogP contribution in [0.3, 0.4) is 0 Å². The summed E-state index contributed by atoms with van der Waals surface area (Å²) in [5.41, 5.74) is 9.87. The van der Waals surface area contributed by atoms with Crippen molar-refractivity contribution in [2.45, 2.75) is 53.1 Å². The highest BCUT2D eigenvalue weighted by molar-refractivity contribution is 7.80. The Bertz CT molecular complexity index is 1510. The van der Waals surface area contributed by atoms with Crippen LogP contribution in [-0.4, -0.2) is 32.0 Å². The molecule has 0 radical (unpaired) electrons. The van der Waals surface area contributed by atoms with E-state index in [4.69, 9.17) is 12.2 Å². The minimum Gasteiger partial charge on any atom is -0.352 e. The number of carbonyl (C=O) groups excluding carboxylic acids is 1. The molecule has 2 N–H and O–H groups in total. The lowest BCUT2D eigenvalue weighted by atomic mass is 9.93. The summed E-state index contributed by atoms with van der Waals surface area (Å²) < 4.78 is 2.31. The summed E-state index contributed by atoms with van der Waals surface area (Å²) in [6, 6.07) is 22.2. The molecule has 200 valence electrons. The molecule has 1 fully saturated rings. The fourth-order valence-corrected chi connectivity index (χ4v) is 6.00. The first kappa shape index (κ1) is 26.6. The number of nitrogens with one attached hydrogen (secondary N) is 2. The van der Waals surface area contributed by atoms with Gasteiger partial charge in [0.25, 0.3) is 0 Å². The average Bonchev–Trinajstić information content (AvgIpc) is 3.37. The van der Waals surface area contributed by atoms with E-state index >= 15 is 0 Å². The van der Waals surface area contributed by atoms with Crippen LogP contribution in [-0.2, 0) is 4.79 Å². The molecule has 6 nitrogen and oxygen atoms in total. The molecule has 1 aliphatic rings. The van der Waals surface area contributed by atoms with Crippen LogP contribution < -0.4 is 10.6 Å². The maximum atomic E-state index is 13.1. The van der Waals surface area contributed by atoms with Crippen molar-refractivity contribution in [2.75, 3.05) is 11.9 Å². The molecule has 0 bridgehead atoms. The van der Waals surface area contributed by atoms with Crippen LogP contribution in [0, 0.1) is 34.6 Å². The lowest BCUT2D eigenvalue weighted by Crippen LogP contribution is -2.33. The molecule has 5 rings (SSSR count). The highest BCUT2D eigenvalue weighted by atomic mass is 32.1. The normalized spacial score (nSPS) is 16.8. The standard InChI is InChI=1S/C32H35N5OS/c1-20-14-15-21(2)27(19-20)34-28(38)16-18-36-31(30(35-32(36)39)26-13-9-10-17-33-26)29-22(3)23(4)37(24(29)5)25-11-7-6-8-12-25/h6-15,17,19,30-31H,16,18H2,1-5H3,(H,34,38)(H,35,39)/t30-,31+/m0/s1. The van der Waals surface area contributed by atoms with Crippen LogP contribution in [0.15, 0.2) is 72.9 Å². The van der Waals surface area contributed by atoms with Gasteiger partial charge in [-0.3, -0.25) is 9.78 Å². The summed E-state index contributed by atoms with van der Waals surface area (Å²) >= 11 is 5.88. The van der Waals surface area contributed by atoms with E-state index in [2.05, 4.69) is 76.2 Å². The Morgan fingerprint density at radius 3 is 2.44 bits per heavy atom. The lowest BCUT2D eigenvalue weighted by molar-refractivity contribution is -0.116. The van der Waals surface area contributed by atoms with Crippen molar-refractivity contribution in [1.82, 2.24) is 19.8 Å². The van der Waals surface area contributed by atoms with E-state index in [0.29, 0.717) is 18.1 Å². The molecule has 1 aliphatic heterocycles. The van der Waals surface area contributed by atoms with Crippen molar-refractivity contribution in [3.63, 3.8) is 0 Å². The van der Waals surface area contributed by atoms with Crippen LogP contribution in [0.5, 0.6) is 0 Å². The first-order valence-corrected chi connectivity index (χ1v) is 13.8. The predicted molar refractivity (Wildman–Crippen MR) is 161 cm³/mol. The van der Waals surface area contributed by atoms with Crippen molar-refractivity contribution in [1.29, 1.82) is 0 Å². The quantitative estimate of drug-likeness (QED) is 0.267. The molecule has 2 aromatic heterocycles. The van der Waals surface area contributed by atoms with Gasteiger partial charge in [0.15, 0.2) is 5.11 Å². The average molecular weight is 538 g/mol. The minimum absolute atomic E-state index is 0.0296. The number of hydrogen-bond acceptors (Lipinski definition) is 3. The third-order valence-electron chi connectivity index (χ3n) is 7.76. The first-order valence-electron chi connectivity index (χ1n) is 13.3. The van der Waals surface area contributed by atoms with E-state index in [0.717, 1.165) is 28.2 Å². The van der Waals surface area contributed by atoms with Gasteiger partial charge in [-0.15, -0.1) is 0 Å². The number of nitrogens with zero attached hydrogens (tertiary/aromatic N) is 3. The molecular formula is C32H35N5OS. The Hall–Kier alpha value is -3.97. The van der Waals surface area contributed by atoms with Crippen molar-refractivity contribution >= 4 is 28.9 Å². The van der Waals surface area contributed by atoms with Gasteiger partial charge in [0.1, 0.15) is 0 Å². The Morgan fingerprint density at radius 2 is 1.72 bits per heavy atom. The van der Waals surface area contributed by atoms with Crippen LogP contribution in [0.2, 0.25) is 0 Å². The Kier molecular flexibility index (Phi) is 7.53. The lowest BCUT2D eigenvalue weighted by Gasteiger charge is -2.29. The molecule has 1 amide bonds. The Morgan fingerprint density at radius 1 is 0.974 bits per heavy atom. The number of aryl methyl sites for hydroxylation is 2. The zero-order chi connectivity index (χ0) is 27.7. The largest absolute Gasteiger partial charge is 0.352 e. The number of carbonyl (C=O) groups is 1. The summed E-state index contributed by atoms with van der Waals surface area (Å²) in [6.45, 7) is 11.0. The summed E-state index contributed by atoms with van der Waals surface area (Å²) in [7, 11) is 0. The topological polar surface area (TPSA) is 62.2 Å². The number of hydrogen-bond donors (Lipinski definition) is 2. The number of amides is 1. The summed E-state index contributed by atoms with van der Waals surface area (Å²) in [6.07, 6.45) is 2.13. The number of rotatable bonds is 7. The van der Waals surface area contributed by atoms with Gasteiger partial charge in [0.05, 0.1) is 17.8 Å². The molecule has 7 heteroatoms. The van der Waals surface area contributed by atoms with Crippen LogP contribution in [0.4, 0.5) is 5.69 Å². The highest BCUT2D eigenvalue weighted by Gasteiger charge is 2.42. The fourth-order valence-electron chi connectivity index (χ4n) is 5.67. The zero-order valence-corrected chi connectivity index (χ0v) is 24.0. The number of benzene rings is 2. The van der Waals surface area contributed by atoms with E-state index in [1.807, 2.05) is 56.4 Å². The molecule has 0 spiro atoms. The third-order valence-corrected chi connectivity index (χ3v) is 8.11. The van der Waals surface area contributed by atoms with Crippen LogP contribution >= 0.6 is 12.2 Å². The van der Waals surface area contributed by atoms with Crippen LogP contribution in [0.25, 0.3) is 5.69 Å². The Labute approximate surface area is 236 Å². The molecule has 39 heavy (non-hydrogen) atoms. The van der Waals surface area contributed by atoms with Crippen LogP contribution in [0.1, 0.15) is 57.8 Å². The smallest absolute Gasteiger partial charge is 0.226 e. The number of aromatic nitrogens is 2. The van der Waals surface area contributed by atoms with Gasteiger partial charge in [-0.1, -0.05) is 36.4 Å². The van der Waals surface area contributed by atoms with E-state index in [1.54, 1.807) is 0 Å². The number of para-hydroxylation sites is 1. The molecule has 2 atom stereocenters. The number of pyridine rings is 1. The van der Waals surface area contributed by atoms with Gasteiger partial charge in [0, 0.05) is 47.5 Å². The van der Waals surface area contributed by atoms with Gasteiger partial charge in [-0.25, -0.2) is 0 Å². The summed E-state index contributed by atoms with van der Waals surface area (Å²) in [5, 5.41) is 7.27. The van der Waals surface area contributed by atoms with Crippen molar-refractivity contribution in [3.8, 4) is 5.69 Å². The van der Waals surface area contributed by atoms with E-state index in [9.17, 15) is 4.79 Å². The highest BCUT2D eigenvalue weighted by Crippen LogP contribution is 2.43. The van der Waals surface area contributed by atoms with E-state index in [1.165, 1.54) is 22.5 Å². The second-order valence-corrected chi connectivity index (χ2v) is 10.7. The second kappa shape index (κ2) is 11.0. The number of anilines is 1. The minimum atomic E-state index is -0.135. The summed E-state index contributed by atoms with van der Waals surface area (Å²) in [4.78, 5) is 19.9. The molecule has 0 aliphatic carbocycles. The van der Waals surface area contributed by atoms with Crippen molar-refractivity contribution in [2.24, 2.45) is 0 Å². The monoisotopic (exact) mass is 537 g/mol. The maximum Gasteiger partial charge on any atom is 0.226 e. The van der Waals surface area contributed by atoms with Crippen molar-refractivity contribution in [3.05, 3.63) is 112 Å². The zero-order valence-electron chi connectivity index (χ0n) is 23.2. The van der Waals surface area contributed by atoms with Gasteiger partial charge in [-0.2, -0.15) is 0 Å². The van der Waals surface area contributed by atoms with Gasteiger partial charge in [0.2, 0.25) is 5.91 Å². The molecule has 0 saturated carbocycles. The predicted octanol–water partition coefficient (Wildman–Crippen LogP) is 6.42. The van der Waals surface area contributed by atoms with Gasteiger partial charge in [-0.05, 0) is 93.9 Å². The molecule has 3 heterocycles. The molecule has 4 aromatic rings. The third kappa shape index (κ3) is 5.19. The van der Waals surface area contributed by atoms with Crippen molar-refractivity contribution < 1.29 is 4.79 Å². The molecule has 2 aromatic carbocycles. The Balaban J connectivity index is 1.50. The SMILES string of the molecule is Cc1ccc(C)c(NC(=O)CCN2C(=S)N[C@@H](c3ccccn3)[C@H]2c2c(C)c(C)n(-c3ccccc3)c2C)c1. The number of thiocarbonyl (C=S) groups is 1. The first-order chi connectivity index (χ1) is 18.8. The van der Waals surface area contributed by atoms with Gasteiger partial charge >= 0.3 is 0 Å². The second-order valence-electron chi connectivity index (χ2n) is 10.3. The molecule has 1 saturated heterocycles. The van der Waals surface area contributed by atoms with E-state index in [-0.39, 0.29) is 18.0 Å². The summed E-state index contributed by atoms with van der Waals surface area (Å²) in [5.74, 6) is -0.0296.